The van der Waals surface area contributed by atoms with Crippen molar-refractivity contribution in [1.29, 1.82) is 0 Å². The number of hydrogen-bond acceptors (Lipinski definition) is 2. The van der Waals surface area contributed by atoms with Crippen molar-refractivity contribution in [2.75, 3.05) is 13.1 Å². The highest BCUT2D eigenvalue weighted by atomic mass is 16.4. The first kappa shape index (κ1) is 11.8. The number of rotatable bonds is 2. The Morgan fingerprint density at radius 3 is 2.89 bits per heavy atom. The maximum atomic E-state index is 12.3. The van der Waals surface area contributed by atoms with Gasteiger partial charge >= 0.3 is 5.97 Å². The molecule has 2 heterocycles. The van der Waals surface area contributed by atoms with E-state index in [1.54, 1.807) is 11.0 Å². The van der Waals surface area contributed by atoms with Crippen LogP contribution in [0.1, 0.15) is 16.8 Å². The molecular formula is C14H14N2O3. The molecule has 1 aliphatic rings. The molecule has 2 N–H and O–H groups in total. The number of aromatic nitrogens is 1. The number of likely N-dealkylation sites (tertiary alicyclic amines) is 1. The lowest BCUT2D eigenvalue weighted by atomic mass is 10.1. The summed E-state index contributed by atoms with van der Waals surface area (Å²) in [7, 11) is 0. The molecule has 5 nitrogen and oxygen atoms in total. The van der Waals surface area contributed by atoms with E-state index in [0.29, 0.717) is 25.1 Å². The first-order valence-corrected chi connectivity index (χ1v) is 6.24. The van der Waals surface area contributed by atoms with Gasteiger partial charge in [0.1, 0.15) is 0 Å². The number of nitrogens with one attached hydrogen (secondary N) is 1. The van der Waals surface area contributed by atoms with E-state index in [2.05, 4.69) is 4.98 Å². The average molecular weight is 258 g/mol. The van der Waals surface area contributed by atoms with Gasteiger partial charge in [0.25, 0.3) is 5.91 Å². The number of carboxylic acids is 1. The van der Waals surface area contributed by atoms with Crippen LogP contribution in [-0.4, -0.2) is 40.0 Å². The van der Waals surface area contributed by atoms with E-state index < -0.39 is 11.9 Å². The van der Waals surface area contributed by atoms with Gasteiger partial charge in [0.2, 0.25) is 0 Å². The third-order valence-corrected chi connectivity index (χ3v) is 3.63. The molecule has 1 fully saturated rings. The molecule has 0 aliphatic carbocycles. The molecule has 1 saturated heterocycles. The highest BCUT2D eigenvalue weighted by molar-refractivity contribution is 5.98. The van der Waals surface area contributed by atoms with Crippen molar-refractivity contribution in [1.82, 2.24) is 9.88 Å². The molecule has 0 unspecified atom stereocenters. The van der Waals surface area contributed by atoms with Crippen molar-refractivity contribution < 1.29 is 14.7 Å². The number of carbonyl (C=O) groups excluding carboxylic acids is 1. The molecule has 98 valence electrons. The van der Waals surface area contributed by atoms with Crippen LogP contribution < -0.4 is 0 Å². The van der Waals surface area contributed by atoms with Crippen molar-refractivity contribution >= 4 is 22.8 Å². The summed E-state index contributed by atoms with van der Waals surface area (Å²) in [6, 6.07) is 7.43. The molecular weight excluding hydrogens is 244 g/mol. The van der Waals surface area contributed by atoms with Gasteiger partial charge in [0.05, 0.1) is 5.92 Å². The Bertz CT molecular complexity index is 647. The second-order valence-corrected chi connectivity index (χ2v) is 4.85. The van der Waals surface area contributed by atoms with E-state index in [-0.39, 0.29) is 5.91 Å². The largest absolute Gasteiger partial charge is 0.481 e. The number of hydrogen-bond donors (Lipinski definition) is 2. The number of aromatic amines is 1. The lowest BCUT2D eigenvalue weighted by Gasteiger charge is -2.15. The molecule has 1 amide bonds. The third kappa shape index (κ3) is 2.07. The summed E-state index contributed by atoms with van der Waals surface area (Å²) >= 11 is 0. The monoisotopic (exact) mass is 258 g/mol. The predicted octanol–water partition coefficient (Wildman–Crippen LogP) is 1.71. The Hall–Kier alpha value is -2.30. The van der Waals surface area contributed by atoms with Gasteiger partial charge in [-0.3, -0.25) is 9.59 Å². The average Bonchev–Trinajstić information content (AvgIpc) is 3.06. The molecule has 5 heteroatoms. The summed E-state index contributed by atoms with van der Waals surface area (Å²) in [5, 5.41) is 10.0. The van der Waals surface area contributed by atoms with Crippen LogP contribution in [0.5, 0.6) is 0 Å². The third-order valence-electron chi connectivity index (χ3n) is 3.63. The smallest absolute Gasteiger partial charge is 0.308 e. The van der Waals surface area contributed by atoms with Gasteiger partial charge in [-0.1, -0.05) is 6.07 Å². The predicted molar refractivity (Wildman–Crippen MR) is 69.9 cm³/mol. The van der Waals surface area contributed by atoms with Gasteiger partial charge < -0.3 is 15.0 Å². The van der Waals surface area contributed by atoms with Crippen molar-refractivity contribution in [2.45, 2.75) is 6.42 Å². The summed E-state index contributed by atoms with van der Waals surface area (Å²) < 4.78 is 0. The molecule has 0 spiro atoms. The fourth-order valence-corrected chi connectivity index (χ4v) is 2.51. The van der Waals surface area contributed by atoms with Crippen LogP contribution >= 0.6 is 0 Å². The quantitative estimate of drug-likeness (QED) is 0.861. The second-order valence-electron chi connectivity index (χ2n) is 4.85. The van der Waals surface area contributed by atoms with E-state index in [4.69, 9.17) is 5.11 Å². The van der Waals surface area contributed by atoms with E-state index >= 15 is 0 Å². The summed E-state index contributed by atoms with van der Waals surface area (Å²) in [5.41, 5.74) is 1.51. The number of fused-ring (bicyclic) bond motifs is 1. The number of carboxylic acid groups (broad SMARTS) is 1. The van der Waals surface area contributed by atoms with Gasteiger partial charge in [-0.2, -0.15) is 0 Å². The first-order chi connectivity index (χ1) is 9.15. The second kappa shape index (κ2) is 4.42. The summed E-state index contributed by atoms with van der Waals surface area (Å²) in [6.45, 7) is 0.815. The van der Waals surface area contributed by atoms with Crippen molar-refractivity contribution in [2.24, 2.45) is 5.92 Å². The molecule has 0 radical (unpaired) electrons. The number of aliphatic carboxylic acids is 1. The first-order valence-electron chi connectivity index (χ1n) is 6.24. The summed E-state index contributed by atoms with van der Waals surface area (Å²) in [5.74, 6) is -1.35. The number of H-pyrrole nitrogens is 1. The Balaban J connectivity index is 1.82. The number of nitrogens with zero attached hydrogens (tertiary/aromatic N) is 1. The van der Waals surface area contributed by atoms with Crippen LogP contribution in [0, 0.1) is 5.92 Å². The Morgan fingerprint density at radius 1 is 1.32 bits per heavy atom. The minimum absolute atomic E-state index is 0.0970. The molecule has 0 saturated carbocycles. The lowest BCUT2D eigenvalue weighted by Crippen LogP contribution is -2.29. The number of carbonyl (C=O) groups is 2. The van der Waals surface area contributed by atoms with Gasteiger partial charge in [-0.15, -0.1) is 0 Å². The van der Waals surface area contributed by atoms with Crippen LogP contribution in [0.25, 0.3) is 10.9 Å². The van der Waals surface area contributed by atoms with Crippen molar-refractivity contribution in [3.8, 4) is 0 Å². The van der Waals surface area contributed by atoms with Gasteiger partial charge in [-0.25, -0.2) is 0 Å². The number of benzene rings is 1. The zero-order valence-corrected chi connectivity index (χ0v) is 10.3. The SMILES string of the molecule is O=C(O)[C@H]1CCN(C(=O)c2ccc3cc[nH]c3c2)C1. The summed E-state index contributed by atoms with van der Waals surface area (Å²) in [4.78, 5) is 27.9. The maximum absolute atomic E-state index is 12.3. The fourth-order valence-electron chi connectivity index (χ4n) is 2.51. The molecule has 1 atom stereocenters. The molecule has 1 aromatic carbocycles. The van der Waals surface area contributed by atoms with Gasteiger partial charge in [0.15, 0.2) is 0 Å². The number of amides is 1. The van der Waals surface area contributed by atoms with E-state index in [1.165, 1.54) is 0 Å². The minimum atomic E-state index is -0.824. The maximum Gasteiger partial charge on any atom is 0.308 e. The zero-order chi connectivity index (χ0) is 13.4. The lowest BCUT2D eigenvalue weighted by molar-refractivity contribution is -0.141. The zero-order valence-electron chi connectivity index (χ0n) is 10.3. The topological polar surface area (TPSA) is 73.4 Å². The Labute approximate surface area is 109 Å². The van der Waals surface area contributed by atoms with Crippen LogP contribution in [0.2, 0.25) is 0 Å². The van der Waals surface area contributed by atoms with Gasteiger partial charge in [0, 0.05) is 30.4 Å². The summed E-state index contributed by atoms with van der Waals surface area (Å²) in [6.07, 6.45) is 2.36. The normalized spacial score (nSPS) is 18.9. The Morgan fingerprint density at radius 2 is 2.16 bits per heavy atom. The minimum Gasteiger partial charge on any atom is -0.481 e. The van der Waals surface area contributed by atoms with Crippen molar-refractivity contribution in [3.05, 3.63) is 36.0 Å². The van der Waals surface area contributed by atoms with Crippen LogP contribution in [-0.2, 0) is 4.79 Å². The van der Waals surface area contributed by atoms with E-state index in [0.717, 1.165) is 10.9 Å². The van der Waals surface area contributed by atoms with Crippen molar-refractivity contribution in [3.63, 3.8) is 0 Å². The fraction of sp³-hybridized carbons (Fsp3) is 0.286. The standard InChI is InChI=1S/C14H14N2O3/c17-13(16-6-4-11(8-16)14(18)19)10-2-1-9-3-5-15-12(9)7-10/h1-3,5,7,11,15H,4,6,8H2,(H,18,19)/t11-/m0/s1. The molecule has 1 aromatic heterocycles. The molecule has 3 rings (SSSR count). The van der Waals surface area contributed by atoms with E-state index in [9.17, 15) is 9.59 Å². The van der Waals surface area contributed by atoms with Crippen LogP contribution in [0.4, 0.5) is 0 Å². The van der Waals surface area contributed by atoms with Crippen LogP contribution in [0.15, 0.2) is 30.5 Å². The highest BCUT2D eigenvalue weighted by Gasteiger charge is 2.31. The molecule has 1 aliphatic heterocycles. The molecule has 19 heavy (non-hydrogen) atoms. The molecule has 2 aromatic rings. The van der Waals surface area contributed by atoms with E-state index in [1.807, 2.05) is 24.4 Å². The highest BCUT2D eigenvalue weighted by Crippen LogP contribution is 2.21. The Kier molecular flexibility index (Phi) is 2.74. The van der Waals surface area contributed by atoms with Gasteiger partial charge in [-0.05, 0) is 30.0 Å². The molecule has 0 bridgehead atoms. The van der Waals surface area contributed by atoms with Crippen LogP contribution in [0.3, 0.4) is 0 Å².